The normalized spacial score (nSPS) is 16.4. The molecule has 0 bridgehead atoms. The van der Waals surface area contributed by atoms with Gasteiger partial charge < -0.3 is 122 Å². The van der Waals surface area contributed by atoms with Crippen LogP contribution in [0.25, 0.3) is 10.9 Å². The van der Waals surface area contributed by atoms with Crippen LogP contribution in [-0.2, 0) is 87.9 Å². The van der Waals surface area contributed by atoms with Crippen molar-refractivity contribution in [2.24, 2.45) is 51.6 Å². The molecule has 0 radical (unpaired) electrons. The fraction of sp³-hybridized carbons (Fsp3) is 0.623. The molecule has 41 nitrogen and oxygen atoms in total. The number of amides is 14. The van der Waals surface area contributed by atoms with Crippen LogP contribution in [0.2, 0.25) is 0 Å². The minimum Gasteiger partial charge on any atom is -0.481 e. The van der Waals surface area contributed by atoms with Gasteiger partial charge in [-0.15, -0.1) is 0 Å². The number of benzene rings is 1. The summed E-state index contributed by atoms with van der Waals surface area (Å²) < 4.78 is 0. The third-order valence-corrected chi connectivity index (χ3v) is 18.2. The number of aromatic nitrogens is 1. The van der Waals surface area contributed by atoms with E-state index in [1.54, 1.807) is 65.1 Å². The third-order valence-electron chi connectivity index (χ3n) is 18.2. The number of carboxylic acids is 3. The zero-order chi connectivity index (χ0) is 83.0. The summed E-state index contributed by atoms with van der Waals surface area (Å²) in [6.07, 6.45) is -1.82. The van der Waals surface area contributed by atoms with Crippen molar-refractivity contribution in [3.05, 3.63) is 36.0 Å². The van der Waals surface area contributed by atoms with E-state index < -0.39 is 242 Å². The molecule has 1 fully saturated rings. The van der Waals surface area contributed by atoms with Crippen molar-refractivity contribution >= 4 is 117 Å². The maximum absolute atomic E-state index is 14.7. The summed E-state index contributed by atoms with van der Waals surface area (Å²) in [4.78, 5) is 238. The number of aromatic amines is 1. The quantitative estimate of drug-likeness (QED) is 0.0166. The number of hydrogen-bond acceptors (Lipinski definition) is 21. The predicted octanol–water partition coefficient (Wildman–Crippen LogP) is -6.37. The molecule has 3 rings (SSSR count). The Hall–Kier alpha value is -11.1. The third kappa shape index (κ3) is 30.2. The molecule has 15 atom stereocenters. The molecule has 2 aromatic rings. The fourth-order valence-electron chi connectivity index (χ4n) is 11.5. The van der Waals surface area contributed by atoms with Crippen LogP contribution in [-0.4, -0.2) is 253 Å². The highest BCUT2D eigenvalue weighted by Gasteiger charge is 2.41. The van der Waals surface area contributed by atoms with Crippen molar-refractivity contribution in [1.82, 2.24) is 73.7 Å². The van der Waals surface area contributed by atoms with Crippen LogP contribution in [0.15, 0.2) is 35.5 Å². The lowest BCUT2D eigenvalue weighted by molar-refractivity contribution is -0.143. The van der Waals surface area contributed by atoms with Crippen LogP contribution in [0.3, 0.4) is 0 Å². The van der Waals surface area contributed by atoms with Gasteiger partial charge in [0.25, 0.3) is 0 Å². The minimum atomic E-state index is -2.13. The number of nitrogens with zero attached hydrogens (tertiary/aromatic N) is 2. The van der Waals surface area contributed by atoms with Crippen molar-refractivity contribution in [2.45, 2.75) is 218 Å². The van der Waals surface area contributed by atoms with E-state index in [9.17, 15) is 107 Å². The molecule has 1 aromatic heterocycles. The number of H-pyrrole nitrogens is 1. The average molecular weight is 1560 g/mol. The number of nitrogens with two attached hydrogens (primary N) is 4. The minimum absolute atomic E-state index is 0.0527. The first kappa shape index (κ1) is 93.1. The fourth-order valence-corrected chi connectivity index (χ4v) is 11.5. The molecule has 0 saturated carbocycles. The summed E-state index contributed by atoms with van der Waals surface area (Å²) in [7, 11) is 0. The van der Waals surface area contributed by atoms with E-state index in [0.717, 1.165) is 0 Å². The van der Waals surface area contributed by atoms with Gasteiger partial charge in [0.15, 0.2) is 5.96 Å². The molecule has 26 N–H and O–H groups in total. The Labute approximate surface area is 634 Å². The molecule has 1 aromatic carbocycles. The zero-order valence-corrected chi connectivity index (χ0v) is 63.1. The molecule has 110 heavy (non-hydrogen) atoms. The first-order valence-electron chi connectivity index (χ1n) is 36.1. The van der Waals surface area contributed by atoms with Gasteiger partial charge in [0.1, 0.15) is 78.5 Å². The molecule has 0 aliphatic carbocycles. The van der Waals surface area contributed by atoms with Crippen molar-refractivity contribution in [3.63, 3.8) is 0 Å². The number of fused-ring (bicyclic) bond motifs is 1. The van der Waals surface area contributed by atoms with Gasteiger partial charge in [-0.2, -0.15) is 0 Å². The highest BCUT2D eigenvalue weighted by molar-refractivity contribution is 6.01. The van der Waals surface area contributed by atoms with Crippen molar-refractivity contribution in [2.75, 3.05) is 32.8 Å². The summed E-state index contributed by atoms with van der Waals surface area (Å²) in [6.45, 7) is 11.4. The molecule has 2 heterocycles. The van der Waals surface area contributed by atoms with E-state index in [0.29, 0.717) is 29.3 Å². The number of primary amides is 1. The lowest BCUT2D eigenvalue weighted by Crippen LogP contribution is -2.62. The van der Waals surface area contributed by atoms with Gasteiger partial charge in [0.05, 0.1) is 32.6 Å². The number of aliphatic hydroxyl groups excluding tert-OH is 2. The van der Waals surface area contributed by atoms with E-state index >= 15 is 0 Å². The Morgan fingerprint density at radius 1 is 0.555 bits per heavy atom. The molecule has 0 unspecified atom stereocenters. The van der Waals surface area contributed by atoms with Crippen LogP contribution < -0.4 is 86.7 Å². The smallest absolute Gasteiger partial charge is 0.325 e. The number of para-hydroxylation sites is 1. The predicted molar refractivity (Wildman–Crippen MR) is 392 cm³/mol. The first-order chi connectivity index (χ1) is 51.7. The summed E-state index contributed by atoms with van der Waals surface area (Å²) in [5.74, 6) is -22.0. The Kier molecular flexibility index (Phi) is 38.6. The second-order valence-corrected chi connectivity index (χ2v) is 27.7. The molecule has 41 heteroatoms. The average Bonchev–Trinajstić information content (AvgIpc) is 1.64. The molecule has 612 valence electrons. The SMILES string of the molecule is CC[C@H](C)[C@H](NC(=O)[C@H](CC(=O)O)NC(=O)[C@H](CO)NC(=O)[C@@H](NC(=O)[C@H](CC(C)C)NC(=O)[C@@H](N)CO)C(C)C)C(=O)N[C@@H](CCC(N)=O)C(=O)N[C@@H](CC(=O)O)C(=O)N[C@@H](CCCN=C(N)N)C(=O)N[C@@H](Cc1c[nH]c2ccccc12)C(=O)NCC(=O)N1CCC[C@H]1C(=O)N[C@H](C(=O)N[C@@H](C)C(=O)O)[C@@H](C)CC. The molecule has 1 saturated heterocycles. The Morgan fingerprint density at radius 2 is 1.04 bits per heavy atom. The Bertz CT molecular complexity index is 3620. The molecule has 14 amide bonds. The van der Waals surface area contributed by atoms with Crippen molar-refractivity contribution in [1.29, 1.82) is 0 Å². The number of guanidine groups is 1. The second kappa shape index (κ2) is 45.7. The Morgan fingerprint density at radius 3 is 1.57 bits per heavy atom. The summed E-state index contributed by atoms with van der Waals surface area (Å²) in [5.41, 5.74) is 23.3. The number of likely N-dealkylation sites (tertiary alicyclic amines) is 1. The summed E-state index contributed by atoms with van der Waals surface area (Å²) in [6, 6.07) is -13.9. The van der Waals surface area contributed by atoms with Crippen LogP contribution in [0, 0.1) is 23.7 Å². The van der Waals surface area contributed by atoms with E-state index in [-0.39, 0.29) is 63.5 Å². The number of carbonyl (C=O) groups is 17. The van der Waals surface area contributed by atoms with Gasteiger partial charge in [-0.05, 0) is 80.8 Å². The van der Waals surface area contributed by atoms with Gasteiger partial charge in [0.2, 0.25) is 82.7 Å². The topological polar surface area (TPSA) is 671 Å². The zero-order valence-electron chi connectivity index (χ0n) is 63.1. The van der Waals surface area contributed by atoms with Gasteiger partial charge >= 0.3 is 17.9 Å². The van der Waals surface area contributed by atoms with E-state index in [1.807, 2.05) is 0 Å². The summed E-state index contributed by atoms with van der Waals surface area (Å²) in [5, 5.41) is 78.5. The number of carbonyl (C=O) groups excluding carboxylic acids is 14. The Balaban J connectivity index is 1.96. The molecule has 1 aliphatic heterocycles. The second-order valence-electron chi connectivity index (χ2n) is 27.7. The van der Waals surface area contributed by atoms with Crippen molar-refractivity contribution < 1.29 is 107 Å². The summed E-state index contributed by atoms with van der Waals surface area (Å²) >= 11 is 0. The largest absolute Gasteiger partial charge is 0.481 e. The molecular weight excluding hydrogens is 1450 g/mol. The lowest BCUT2D eigenvalue weighted by Gasteiger charge is -2.30. The number of aliphatic imine (C=N–C) groups is 1. The van der Waals surface area contributed by atoms with E-state index in [4.69, 9.17) is 22.9 Å². The van der Waals surface area contributed by atoms with Gasteiger partial charge in [-0.3, -0.25) is 86.5 Å². The number of nitrogens with one attached hydrogen (secondary N) is 13. The number of rotatable bonds is 48. The van der Waals surface area contributed by atoms with Gasteiger partial charge in [-0.25, -0.2) is 0 Å². The maximum Gasteiger partial charge on any atom is 0.325 e. The van der Waals surface area contributed by atoms with Crippen molar-refractivity contribution in [3.8, 4) is 0 Å². The first-order valence-corrected chi connectivity index (χ1v) is 36.1. The van der Waals surface area contributed by atoms with Crippen LogP contribution in [0.1, 0.15) is 139 Å². The highest BCUT2D eigenvalue weighted by atomic mass is 16.4. The maximum atomic E-state index is 14.7. The molecular formula is C69H109N19O22. The number of aliphatic carboxylic acids is 3. The number of aliphatic hydroxyl groups is 2. The van der Waals surface area contributed by atoms with Crippen LogP contribution in [0.5, 0.6) is 0 Å². The van der Waals surface area contributed by atoms with Crippen LogP contribution in [0.4, 0.5) is 0 Å². The van der Waals surface area contributed by atoms with Crippen LogP contribution >= 0.6 is 0 Å². The standard InChI is InChI=1S/C69H109N19O22/c1-10-34(7)54(66(107)77-36(9)68(109)110)87-64(105)48-19-15-23-88(48)50(92)29-76-57(98)44(25-37-28-75-40-17-13-12-16-38(37)40)81-58(99)41(18-14-22-74-69(72)73)78-60(101)45(26-51(93)94)82-59(100)42(20-21-49(71)91)79-67(108)55(35(8)11-2)86-62(103)46(27-52(95)96)83-63(104)47(31-90)84-65(106)53(33(5)6)85-61(102)43(24-32(3)4)80-56(97)39(70)30-89/h12-13,16-17,28,32-36,39,41-48,53-55,75,89-90H,10-11,14-15,18-27,29-31,70H2,1-9H3,(H2,71,91)(H,76,98)(H,77,107)(H,78,101)(H,79,108)(H,80,97)(H,81,99)(H,82,100)(H,83,104)(H,84,106)(H,85,102)(H,86,103)(H,87,105)(H,93,94)(H,95,96)(H,109,110)(H4,72,73,74)/t34-,35-,36-,39-,41-,42-,43-,44-,45-,46-,47-,48-,53-,54-,55-/m0/s1. The molecule has 0 spiro atoms. The van der Waals surface area contributed by atoms with Gasteiger partial charge in [0, 0.05) is 43.0 Å². The number of carboxylic acid groups (broad SMARTS) is 3. The molecule has 1 aliphatic rings. The number of hydrogen-bond donors (Lipinski definition) is 22. The van der Waals surface area contributed by atoms with Gasteiger partial charge in [-0.1, -0.05) is 86.4 Å². The van der Waals surface area contributed by atoms with E-state index in [1.165, 1.54) is 32.6 Å². The monoisotopic (exact) mass is 1560 g/mol. The highest BCUT2D eigenvalue weighted by Crippen LogP contribution is 2.22. The van der Waals surface area contributed by atoms with E-state index in [2.05, 4.69) is 73.8 Å². The lowest BCUT2D eigenvalue weighted by atomic mass is 9.96.